The molecule has 2 N–H and O–H groups in total. The second-order valence-electron chi connectivity index (χ2n) is 8.11. The zero-order valence-electron chi connectivity index (χ0n) is 17.0. The Labute approximate surface area is 175 Å². The largest absolute Gasteiger partial charge is 0.352 e. The van der Waals surface area contributed by atoms with E-state index in [-0.39, 0.29) is 30.8 Å². The lowest BCUT2D eigenvalue weighted by atomic mass is 9.98. The summed E-state index contributed by atoms with van der Waals surface area (Å²) in [7, 11) is 0. The van der Waals surface area contributed by atoms with Crippen molar-refractivity contribution in [3.63, 3.8) is 0 Å². The number of urea groups is 1. The van der Waals surface area contributed by atoms with E-state index in [0.29, 0.717) is 13.0 Å². The van der Waals surface area contributed by atoms with Gasteiger partial charge in [0.1, 0.15) is 5.54 Å². The van der Waals surface area contributed by atoms with Gasteiger partial charge in [0, 0.05) is 38.4 Å². The maximum Gasteiger partial charge on any atom is 0.325 e. The smallest absolute Gasteiger partial charge is 0.325 e. The molecule has 1 saturated carbocycles. The fraction of sp³-hybridized carbons (Fsp3) is 0.455. The molecule has 1 spiro atoms. The highest BCUT2D eigenvalue weighted by atomic mass is 16.2. The Bertz CT molecular complexity index is 901. The van der Waals surface area contributed by atoms with Gasteiger partial charge in [-0.25, -0.2) is 9.78 Å². The van der Waals surface area contributed by atoms with Gasteiger partial charge in [0.05, 0.1) is 6.33 Å². The van der Waals surface area contributed by atoms with Crippen LogP contribution in [0.25, 0.3) is 0 Å². The van der Waals surface area contributed by atoms with Crippen LogP contribution in [0.15, 0.2) is 43.0 Å². The second-order valence-corrected chi connectivity index (χ2v) is 8.11. The van der Waals surface area contributed by atoms with Crippen LogP contribution >= 0.6 is 0 Å². The third-order valence-corrected chi connectivity index (χ3v) is 5.93. The summed E-state index contributed by atoms with van der Waals surface area (Å²) in [6.45, 7) is 1.50. The Balaban J connectivity index is 1.18. The van der Waals surface area contributed by atoms with Crippen molar-refractivity contribution < 1.29 is 14.4 Å². The van der Waals surface area contributed by atoms with Gasteiger partial charge in [-0.15, -0.1) is 0 Å². The Hall–Kier alpha value is -3.16. The molecule has 1 aromatic carbocycles. The van der Waals surface area contributed by atoms with E-state index in [2.05, 4.69) is 15.6 Å². The highest BCUT2D eigenvalue weighted by molar-refractivity contribution is 6.07. The first kappa shape index (κ1) is 20.1. The number of rotatable bonds is 8. The average Bonchev–Trinajstić information content (AvgIpc) is 3.47. The summed E-state index contributed by atoms with van der Waals surface area (Å²) in [5.74, 6) is -0.207. The molecule has 0 unspecified atom stereocenters. The number of benzene rings is 1. The summed E-state index contributed by atoms with van der Waals surface area (Å²) in [5, 5.41) is 5.77. The second kappa shape index (κ2) is 8.69. The minimum Gasteiger partial charge on any atom is -0.352 e. The van der Waals surface area contributed by atoms with Gasteiger partial charge in [-0.1, -0.05) is 37.1 Å². The lowest BCUT2D eigenvalue weighted by Crippen LogP contribution is -2.44. The van der Waals surface area contributed by atoms with E-state index in [4.69, 9.17) is 0 Å². The maximum atomic E-state index is 12.6. The third kappa shape index (κ3) is 4.37. The number of carbonyl (C=O) groups excluding carboxylic acids is 3. The molecule has 0 bridgehead atoms. The zero-order chi connectivity index (χ0) is 21.0. The molecular formula is C22H27N5O3. The van der Waals surface area contributed by atoms with E-state index in [1.165, 1.54) is 4.90 Å². The number of hydrogen-bond acceptors (Lipinski definition) is 4. The van der Waals surface area contributed by atoms with E-state index in [9.17, 15) is 14.4 Å². The molecule has 2 fully saturated rings. The number of imide groups is 1. The predicted molar refractivity (Wildman–Crippen MR) is 110 cm³/mol. The van der Waals surface area contributed by atoms with Gasteiger partial charge >= 0.3 is 6.03 Å². The monoisotopic (exact) mass is 409 g/mol. The molecule has 1 aromatic heterocycles. The zero-order valence-corrected chi connectivity index (χ0v) is 17.0. The topological polar surface area (TPSA) is 96.3 Å². The Morgan fingerprint density at radius 3 is 2.57 bits per heavy atom. The van der Waals surface area contributed by atoms with Crippen LogP contribution in [0, 0.1) is 0 Å². The molecule has 0 atom stereocenters. The summed E-state index contributed by atoms with van der Waals surface area (Å²) in [4.78, 5) is 42.2. The summed E-state index contributed by atoms with van der Waals surface area (Å²) in [6.07, 6.45) is 9.56. The average molecular weight is 409 g/mol. The molecule has 4 rings (SSSR count). The summed E-state index contributed by atoms with van der Waals surface area (Å²) in [5.41, 5.74) is 1.51. The van der Waals surface area contributed by atoms with Gasteiger partial charge in [-0.05, 0) is 30.4 Å². The van der Waals surface area contributed by atoms with E-state index in [1.807, 2.05) is 35.0 Å². The van der Waals surface area contributed by atoms with Crippen molar-refractivity contribution in [1.29, 1.82) is 0 Å². The van der Waals surface area contributed by atoms with Gasteiger partial charge in [0.15, 0.2) is 0 Å². The normalized spacial score (nSPS) is 17.5. The molecule has 8 heteroatoms. The van der Waals surface area contributed by atoms with Crippen molar-refractivity contribution in [2.45, 2.75) is 57.2 Å². The first-order chi connectivity index (χ1) is 14.6. The molecule has 4 amide bonds. The molecule has 1 aliphatic carbocycles. The van der Waals surface area contributed by atoms with Gasteiger partial charge < -0.3 is 15.2 Å². The van der Waals surface area contributed by atoms with Crippen LogP contribution in [0.3, 0.4) is 0 Å². The van der Waals surface area contributed by atoms with Crippen LogP contribution in [-0.4, -0.2) is 44.4 Å². The van der Waals surface area contributed by atoms with Crippen molar-refractivity contribution in [3.8, 4) is 0 Å². The number of nitrogens with one attached hydrogen (secondary N) is 2. The molecule has 1 saturated heterocycles. The fourth-order valence-electron chi connectivity index (χ4n) is 4.24. The van der Waals surface area contributed by atoms with Crippen molar-refractivity contribution >= 4 is 17.8 Å². The van der Waals surface area contributed by atoms with Gasteiger partial charge in [-0.2, -0.15) is 0 Å². The third-order valence-electron chi connectivity index (χ3n) is 5.93. The molecular weight excluding hydrogens is 382 g/mol. The SMILES string of the molecule is O=C(CCCN1C(=O)NC2(CCCC2)C1=O)NCc1ccc(Cn2ccnc2)cc1. The van der Waals surface area contributed by atoms with Crippen LogP contribution in [0.4, 0.5) is 4.79 Å². The van der Waals surface area contributed by atoms with Gasteiger partial charge in [0.2, 0.25) is 5.91 Å². The first-order valence-electron chi connectivity index (χ1n) is 10.5. The van der Waals surface area contributed by atoms with Crippen LogP contribution in [0.2, 0.25) is 0 Å². The molecule has 158 valence electrons. The van der Waals surface area contributed by atoms with Crippen LogP contribution in [0.5, 0.6) is 0 Å². The lowest BCUT2D eigenvalue weighted by molar-refractivity contribution is -0.131. The molecule has 30 heavy (non-hydrogen) atoms. The van der Waals surface area contributed by atoms with E-state index >= 15 is 0 Å². The quantitative estimate of drug-likeness (QED) is 0.653. The Kier molecular flexibility index (Phi) is 5.83. The fourth-order valence-corrected chi connectivity index (χ4v) is 4.24. The Morgan fingerprint density at radius 1 is 1.13 bits per heavy atom. The minimum atomic E-state index is -0.677. The molecule has 2 aliphatic rings. The van der Waals surface area contributed by atoms with E-state index < -0.39 is 5.54 Å². The number of carbonyl (C=O) groups is 3. The molecule has 8 nitrogen and oxygen atoms in total. The highest BCUT2D eigenvalue weighted by Gasteiger charge is 2.51. The van der Waals surface area contributed by atoms with Crippen molar-refractivity contribution in [2.24, 2.45) is 0 Å². The van der Waals surface area contributed by atoms with Crippen molar-refractivity contribution in [3.05, 3.63) is 54.1 Å². The molecule has 1 aliphatic heterocycles. The number of hydrogen-bond donors (Lipinski definition) is 2. The van der Waals surface area contributed by atoms with E-state index in [1.54, 1.807) is 12.5 Å². The number of aromatic nitrogens is 2. The Morgan fingerprint density at radius 2 is 1.87 bits per heavy atom. The minimum absolute atomic E-state index is 0.0832. The molecule has 0 radical (unpaired) electrons. The van der Waals surface area contributed by atoms with E-state index in [0.717, 1.165) is 43.4 Å². The number of imidazole rings is 1. The first-order valence-corrected chi connectivity index (χ1v) is 10.5. The van der Waals surface area contributed by atoms with Gasteiger partial charge in [-0.3, -0.25) is 14.5 Å². The maximum absolute atomic E-state index is 12.6. The highest BCUT2D eigenvalue weighted by Crippen LogP contribution is 2.35. The standard InChI is InChI=1S/C22H27N5O3/c28-19(4-3-12-27-20(29)22(25-21(27)30)9-1-2-10-22)24-14-17-5-7-18(8-6-17)15-26-13-11-23-16-26/h5-8,11,13,16H,1-4,9-10,12,14-15H2,(H,24,28)(H,25,30). The van der Waals surface area contributed by atoms with Crippen molar-refractivity contribution in [2.75, 3.05) is 6.54 Å². The van der Waals surface area contributed by atoms with Crippen LogP contribution < -0.4 is 10.6 Å². The predicted octanol–water partition coefficient (Wildman–Crippen LogP) is 2.19. The molecule has 2 heterocycles. The van der Waals surface area contributed by atoms with Crippen LogP contribution in [0.1, 0.15) is 49.7 Å². The molecule has 2 aromatic rings. The van der Waals surface area contributed by atoms with Crippen LogP contribution in [-0.2, 0) is 22.7 Å². The lowest BCUT2D eigenvalue weighted by Gasteiger charge is -2.19. The summed E-state index contributed by atoms with van der Waals surface area (Å²) >= 11 is 0. The number of amides is 4. The summed E-state index contributed by atoms with van der Waals surface area (Å²) in [6, 6.07) is 7.76. The number of nitrogens with zero attached hydrogens (tertiary/aromatic N) is 3. The summed E-state index contributed by atoms with van der Waals surface area (Å²) < 4.78 is 2.00. The van der Waals surface area contributed by atoms with Gasteiger partial charge in [0.25, 0.3) is 5.91 Å². The van der Waals surface area contributed by atoms with Crippen molar-refractivity contribution in [1.82, 2.24) is 25.1 Å².